The second kappa shape index (κ2) is 8.06. The second-order valence-corrected chi connectivity index (χ2v) is 4.86. The van der Waals surface area contributed by atoms with Gasteiger partial charge in [0, 0.05) is 6.42 Å². The van der Waals surface area contributed by atoms with Crippen LogP contribution in [0.3, 0.4) is 0 Å². The third-order valence-electron chi connectivity index (χ3n) is 3.20. The van der Waals surface area contributed by atoms with Gasteiger partial charge in [-0.2, -0.15) is 5.48 Å². The van der Waals surface area contributed by atoms with Gasteiger partial charge in [0.05, 0.1) is 12.7 Å². The molecule has 8 nitrogen and oxygen atoms in total. The van der Waals surface area contributed by atoms with E-state index in [2.05, 4.69) is 0 Å². The largest absolute Gasteiger partial charge is 0.443 e. The lowest BCUT2D eigenvalue weighted by atomic mass is 10.0. The summed E-state index contributed by atoms with van der Waals surface area (Å²) < 4.78 is 10.1. The van der Waals surface area contributed by atoms with Gasteiger partial charge in [-0.25, -0.2) is 9.63 Å². The van der Waals surface area contributed by atoms with Crippen LogP contribution in [0.25, 0.3) is 0 Å². The number of ether oxygens (including phenoxy) is 2. The molecular weight excluding hydrogens is 294 g/mol. The molecule has 1 aliphatic rings. The fraction of sp³-hybridized carbons (Fsp3) is 0.500. The zero-order valence-electron chi connectivity index (χ0n) is 11.8. The summed E-state index contributed by atoms with van der Waals surface area (Å²) in [6.07, 6.45) is -5.13. The summed E-state index contributed by atoms with van der Waals surface area (Å²) in [5.74, 6) is 0. The van der Waals surface area contributed by atoms with Crippen molar-refractivity contribution in [2.75, 3.05) is 6.61 Å². The van der Waals surface area contributed by atoms with Crippen molar-refractivity contribution in [2.24, 2.45) is 0 Å². The van der Waals surface area contributed by atoms with Gasteiger partial charge in [-0.1, -0.05) is 30.3 Å². The Morgan fingerprint density at radius 1 is 1.32 bits per heavy atom. The van der Waals surface area contributed by atoms with E-state index in [9.17, 15) is 15.0 Å². The molecule has 2 rings (SSSR count). The van der Waals surface area contributed by atoms with Crippen molar-refractivity contribution in [1.82, 2.24) is 5.48 Å². The summed E-state index contributed by atoms with van der Waals surface area (Å²) in [5.41, 5.74) is 2.87. The first-order valence-electron chi connectivity index (χ1n) is 6.85. The van der Waals surface area contributed by atoms with Crippen molar-refractivity contribution in [3.05, 3.63) is 35.9 Å². The van der Waals surface area contributed by atoms with E-state index >= 15 is 0 Å². The van der Waals surface area contributed by atoms with Gasteiger partial charge >= 0.3 is 6.09 Å². The van der Waals surface area contributed by atoms with E-state index < -0.39 is 37.3 Å². The maximum absolute atomic E-state index is 11.5. The van der Waals surface area contributed by atoms with Crippen molar-refractivity contribution >= 4 is 6.09 Å². The summed E-state index contributed by atoms with van der Waals surface area (Å²) in [7, 11) is 0. The number of amides is 1. The molecule has 1 amide bonds. The van der Waals surface area contributed by atoms with Crippen molar-refractivity contribution in [3.8, 4) is 0 Å². The van der Waals surface area contributed by atoms with Crippen LogP contribution in [0.4, 0.5) is 4.79 Å². The molecule has 1 saturated heterocycles. The Kier molecular flexibility index (Phi) is 6.10. The number of carbonyl (C=O) groups excluding carboxylic acids is 1. The molecule has 1 aromatic rings. The zero-order chi connectivity index (χ0) is 15.9. The number of hydroxylamine groups is 1. The first kappa shape index (κ1) is 16.7. The third-order valence-corrected chi connectivity index (χ3v) is 3.20. The number of nitrogens with one attached hydrogen (secondary N) is 1. The summed E-state index contributed by atoms with van der Waals surface area (Å²) in [4.78, 5) is 16.4. The van der Waals surface area contributed by atoms with Gasteiger partial charge in [0.2, 0.25) is 0 Å². The molecule has 8 heteroatoms. The van der Waals surface area contributed by atoms with E-state index in [1.54, 1.807) is 0 Å². The highest BCUT2D eigenvalue weighted by Crippen LogP contribution is 2.20. The molecule has 0 radical (unpaired) electrons. The number of aliphatic hydroxyl groups excluding tert-OH is 3. The highest BCUT2D eigenvalue weighted by atomic mass is 16.8. The lowest BCUT2D eigenvalue weighted by molar-refractivity contribution is -0.270. The average Bonchev–Trinajstić information content (AvgIpc) is 2.54. The molecule has 0 aromatic heterocycles. The van der Waals surface area contributed by atoms with Gasteiger partial charge < -0.3 is 24.8 Å². The van der Waals surface area contributed by atoms with Crippen molar-refractivity contribution in [3.63, 3.8) is 0 Å². The van der Waals surface area contributed by atoms with Gasteiger partial charge in [-0.15, -0.1) is 0 Å². The van der Waals surface area contributed by atoms with Gasteiger partial charge in [-0.05, 0) is 5.56 Å². The van der Waals surface area contributed by atoms with Crippen LogP contribution >= 0.6 is 0 Å². The molecule has 22 heavy (non-hydrogen) atoms. The molecule has 4 atom stereocenters. The minimum absolute atomic E-state index is 0.0450. The van der Waals surface area contributed by atoms with Crippen LogP contribution in [0.5, 0.6) is 0 Å². The standard InChI is InChI=1S/C14H19NO7/c16-7-11-13(18)10(17)6-12(21-11)22-15-14(19)20-8-9-4-2-1-3-5-9/h1-5,10-13,16-18H,6-8H2,(H,15,19)/t10-,11-,12-,13+/m1/s1. The Balaban J connectivity index is 1.72. The summed E-state index contributed by atoms with van der Waals surface area (Å²) in [6.45, 7) is -0.390. The highest BCUT2D eigenvalue weighted by Gasteiger charge is 2.37. The fourth-order valence-corrected chi connectivity index (χ4v) is 2.01. The highest BCUT2D eigenvalue weighted by molar-refractivity contribution is 5.65. The molecule has 0 spiro atoms. The summed E-state index contributed by atoms with van der Waals surface area (Å²) in [6, 6.07) is 9.11. The third kappa shape index (κ3) is 4.65. The molecule has 1 aromatic carbocycles. The number of hydrogen-bond donors (Lipinski definition) is 4. The molecule has 122 valence electrons. The van der Waals surface area contributed by atoms with Crippen LogP contribution in [-0.4, -0.2) is 52.6 Å². The van der Waals surface area contributed by atoms with Gasteiger partial charge in [-0.3, -0.25) is 0 Å². The molecule has 0 saturated carbocycles. The Morgan fingerprint density at radius 2 is 2.05 bits per heavy atom. The van der Waals surface area contributed by atoms with E-state index in [-0.39, 0.29) is 13.0 Å². The Bertz CT molecular complexity index is 470. The van der Waals surface area contributed by atoms with E-state index in [4.69, 9.17) is 19.4 Å². The molecule has 1 aliphatic heterocycles. The fourth-order valence-electron chi connectivity index (χ4n) is 2.01. The molecule has 1 heterocycles. The molecule has 0 aliphatic carbocycles. The average molecular weight is 313 g/mol. The number of carbonyl (C=O) groups is 1. The first-order valence-corrected chi connectivity index (χ1v) is 6.85. The maximum Gasteiger partial charge on any atom is 0.431 e. The number of hydrogen-bond acceptors (Lipinski definition) is 7. The normalized spacial score (nSPS) is 28.1. The summed E-state index contributed by atoms with van der Waals surface area (Å²) in [5, 5.41) is 28.2. The quantitative estimate of drug-likeness (QED) is 0.550. The smallest absolute Gasteiger partial charge is 0.431 e. The lowest BCUT2D eigenvalue weighted by Gasteiger charge is -2.35. The van der Waals surface area contributed by atoms with Crippen LogP contribution in [0.1, 0.15) is 12.0 Å². The first-order chi connectivity index (χ1) is 10.6. The predicted octanol–water partition coefficient (Wildman–Crippen LogP) is -0.327. The van der Waals surface area contributed by atoms with Crippen molar-refractivity contribution < 1.29 is 34.4 Å². The second-order valence-electron chi connectivity index (χ2n) is 4.86. The Hall–Kier alpha value is -1.71. The van der Waals surface area contributed by atoms with Crippen molar-refractivity contribution in [2.45, 2.75) is 37.6 Å². The molecule has 4 N–H and O–H groups in total. The van der Waals surface area contributed by atoms with E-state index in [0.717, 1.165) is 5.56 Å². The zero-order valence-corrected chi connectivity index (χ0v) is 11.8. The Morgan fingerprint density at radius 3 is 2.73 bits per heavy atom. The predicted molar refractivity (Wildman–Crippen MR) is 73.2 cm³/mol. The summed E-state index contributed by atoms with van der Waals surface area (Å²) >= 11 is 0. The van der Waals surface area contributed by atoms with Crippen LogP contribution in [0.15, 0.2) is 30.3 Å². The van der Waals surface area contributed by atoms with Gasteiger partial charge in [0.1, 0.15) is 18.8 Å². The van der Waals surface area contributed by atoms with Gasteiger partial charge in [0.25, 0.3) is 0 Å². The molecule has 0 unspecified atom stereocenters. The monoisotopic (exact) mass is 313 g/mol. The SMILES string of the molecule is O=C(NO[C@@H]1C[C@@H](O)[C@H](O)[C@@H](CO)O1)OCc1ccccc1. The number of aliphatic hydroxyl groups is 3. The molecule has 1 fully saturated rings. The topological polar surface area (TPSA) is 117 Å². The minimum Gasteiger partial charge on any atom is -0.443 e. The van der Waals surface area contributed by atoms with E-state index in [1.807, 2.05) is 35.8 Å². The lowest BCUT2D eigenvalue weighted by Crippen LogP contribution is -2.51. The van der Waals surface area contributed by atoms with Crippen LogP contribution in [-0.2, 0) is 20.9 Å². The van der Waals surface area contributed by atoms with Gasteiger partial charge in [0.15, 0.2) is 6.29 Å². The Labute approximate surface area is 127 Å². The maximum atomic E-state index is 11.5. The van der Waals surface area contributed by atoms with Crippen LogP contribution in [0.2, 0.25) is 0 Å². The number of rotatable bonds is 5. The minimum atomic E-state index is -1.20. The number of benzene rings is 1. The van der Waals surface area contributed by atoms with Crippen LogP contribution in [0, 0.1) is 0 Å². The van der Waals surface area contributed by atoms with Crippen LogP contribution < -0.4 is 5.48 Å². The van der Waals surface area contributed by atoms with E-state index in [1.165, 1.54) is 0 Å². The van der Waals surface area contributed by atoms with E-state index in [0.29, 0.717) is 0 Å². The molecular formula is C14H19NO7. The van der Waals surface area contributed by atoms with Crippen molar-refractivity contribution in [1.29, 1.82) is 0 Å². The molecule has 0 bridgehead atoms.